The van der Waals surface area contributed by atoms with E-state index in [2.05, 4.69) is 26.6 Å². The van der Waals surface area contributed by atoms with E-state index in [0.717, 1.165) is 16.7 Å². The molecule has 0 spiro atoms. The van der Waals surface area contributed by atoms with Crippen molar-refractivity contribution in [1.29, 1.82) is 0 Å². The molecule has 41 heavy (non-hydrogen) atoms. The third-order valence-electron chi connectivity index (χ3n) is 6.84. The lowest BCUT2D eigenvalue weighted by atomic mass is 10.0. The van der Waals surface area contributed by atoms with Crippen molar-refractivity contribution in [3.05, 3.63) is 65.2 Å². The fraction of sp³-hybridized carbons (Fsp3) is 0.433. The molecule has 10 nitrogen and oxygen atoms in total. The highest BCUT2D eigenvalue weighted by Crippen LogP contribution is 2.39. The first-order chi connectivity index (χ1) is 19.5. The van der Waals surface area contributed by atoms with Gasteiger partial charge in [0.25, 0.3) is 0 Å². The van der Waals surface area contributed by atoms with Crippen molar-refractivity contribution in [3.63, 3.8) is 0 Å². The number of Topliss-reactive ketones (excluding diaryl/α,β-unsaturated/α-hetero) is 1. The smallest absolute Gasteiger partial charge is 0.408 e. The van der Waals surface area contributed by atoms with Gasteiger partial charge in [-0.2, -0.15) is 0 Å². The molecule has 2 N–H and O–H groups in total. The maximum Gasteiger partial charge on any atom is 0.408 e. The van der Waals surface area contributed by atoms with Crippen molar-refractivity contribution in [2.45, 2.75) is 76.8 Å². The van der Waals surface area contributed by atoms with Crippen molar-refractivity contribution < 1.29 is 33.4 Å². The first-order valence-electron chi connectivity index (χ1n) is 13.5. The van der Waals surface area contributed by atoms with Gasteiger partial charge in [0.2, 0.25) is 11.8 Å². The first-order valence-corrected chi connectivity index (χ1v) is 14.6. The third kappa shape index (κ3) is 7.52. The minimum absolute atomic E-state index is 0.0489. The van der Waals surface area contributed by atoms with Gasteiger partial charge in [-0.05, 0) is 50.3 Å². The SMILES string of the molecule is CC(C)(C)OC(=O)CC(NC(=O)C1Cc2cccc3c2N1C(=O)C(NC(=O)OCc1ccccc1)CC3)C(=O)CBr. The van der Waals surface area contributed by atoms with E-state index in [0.29, 0.717) is 18.5 Å². The molecule has 2 aromatic carbocycles. The molecule has 11 heteroatoms. The Morgan fingerprint density at radius 1 is 1.05 bits per heavy atom. The van der Waals surface area contributed by atoms with Gasteiger partial charge in [0.1, 0.15) is 24.3 Å². The maximum atomic E-state index is 13.8. The summed E-state index contributed by atoms with van der Waals surface area (Å²) in [4.78, 5) is 66.6. The fourth-order valence-electron chi connectivity index (χ4n) is 5.04. The minimum Gasteiger partial charge on any atom is -0.460 e. The number of ketones is 1. The molecule has 4 rings (SSSR count). The maximum absolute atomic E-state index is 13.8. The molecular formula is C30H34BrN3O7. The Morgan fingerprint density at radius 3 is 2.44 bits per heavy atom. The number of alkyl carbamates (subject to hydrolysis) is 1. The molecule has 3 unspecified atom stereocenters. The molecule has 0 radical (unpaired) electrons. The van der Waals surface area contributed by atoms with Crippen molar-refractivity contribution in [1.82, 2.24) is 10.6 Å². The number of para-hydroxylation sites is 1. The molecule has 0 aliphatic carbocycles. The molecule has 2 aliphatic heterocycles. The normalized spacial score (nSPS) is 18.5. The van der Waals surface area contributed by atoms with Crippen LogP contribution in [0.15, 0.2) is 48.5 Å². The second kappa shape index (κ2) is 12.8. The summed E-state index contributed by atoms with van der Waals surface area (Å²) in [6.07, 6.45) is -0.0209. The van der Waals surface area contributed by atoms with Gasteiger partial charge in [-0.25, -0.2) is 4.79 Å². The number of ether oxygens (including phenoxy) is 2. The van der Waals surface area contributed by atoms with Crippen LogP contribution >= 0.6 is 15.9 Å². The summed E-state index contributed by atoms with van der Waals surface area (Å²) in [5.74, 6) is -2.04. The molecule has 0 saturated carbocycles. The number of hydrogen-bond acceptors (Lipinski definition) is 7. The number of hydrogen-bond donors (Lipinski definition) is 2. The van der Waals surface area contributed by atoms with Crippen LogP contribution in [-0.2, 0) is 48.1 Å². The van der Waals surface area contributed by atoms with Crippen LogP contribution in [0, 0.1) is 0 Å². The van der Waals surface area contributed by atoms with Crippen LogP contribution in [0.3, 0.4) is 0 Å². The number of esters is 1. The lowest BCUT2D eigenvalue weighted by Crippen LogP contribution is -2.56. The van der Waals surface area contributed by atoms with Gasteiger partial charge >= 0.3 is 12.1 Å². The van der Waals surface area contributed by atoms with E-state index in [-0.39, 0.29) is 24.8 Å². The number of aryl methyl sites for hydroxylation is 1. The van der Waals surface area contributed by atoms with E-state index in [1.165, 1.54) is 4.90 Å². The highest BCUT2D eigenvalue weighted by Gasteiger charge is 2.45. The number of anilines is 1. The van der Waals surface area contributed by atoms with Crippen LogP contribution in [0.2, 0.25) is 0 Å². The molecular weight excluding hydrogens is 594 g/mol. The summed E-state index contributed by atoms with van der Waals surface area (Å²) in [7, 11) is 0. The molecule has 3 atom stereocenters. The topological polar surface area (TPSA) is 131 Å². The number of rotatable bonds is 9. The van der Waals surface area contributed by atoms with E-state index < -0.39 is 53.4 Å². The summed E-state index contributed by atoms with van der Waals surface area (Å²) in [6, 6.07) is 11.8. The van der Waals surface area contributed by atoms with Crippen LogP contribution in [0.4, 0.5) is 10.5 Å². The second-order valence-electron chi connectivity index (χ2n) is 11.1. The molecule has 218 valence electrons. The van der Waals surface area contributed by atoms with Gasteiger partial charge < -0.3 is 20.1 Å². The van der Waals surface area contributed by atoms with Crippen LogP contribution in [0.5, 0.6) is 0 Å². The number of halogens is 1. The Morgan fingerprint density at radius 2 is 1.76 bits per heavy atom. The van der Waals surface area contributed by atoms with E-state index in [1.54, 1.807) is 20.8 Å². The number of alkyl halides is 1. The predicted molar refractivity (Wildman–Crippen MR) is 154 cm³/mol. The Bertz CT molecular complexity index is 1330. The second-order valence-corrected chi connectivity index (χ2v) is 11.7. The predicted octanol–water partition coefficient (Wildman–Crippen LogP) is 3.37. The zero-order chi connectivity index (χ0) is 29.7. The van der Waals surface area contributed by atoms with Gasteiger partial charge in [0.15, 0.2) is 5.78 Å². The monoisotopic (exact) mass is 627 g/mol. The Kier molecular flexibility index (Phi) is 9.47. The van der Waals surface area contributed by atoms with Crippen LogP contribution in [-0.4, -0.2) is 58.7 Å². The quantitative estimate of drug-likeness (QED) is 0.322. The number of nitrogens with zero attached hydrogens (tertiary/aromatic N) is 1. The van der Waals surface area contributed by atoms with Gasteiger partial charge in [-0.1, -0.05) is 64.5 Å². The number of amides is 3. The standard InChI is InChI=1S/C30H34BrN3O7/c1-30(2,3)41-25(36)15-22(24(35)16-31)32-27(37)23-14-20-11-7-10-19-12-13-21(28(38)34(23)26(19)20)33-29(39)40-17-18-8-5-4-6-9-18/h4-11,21-23H,12-17H2,1-3H3,(H,32,37)(H,33,39). The van der Waals surface area contributed by atoms with E-state index in [4.69, 9.17) is 9.47 Å². The fourth-order valence-corrected chi connectivity index (χ4v) is 5.43. The highest BCUT2D eigenvalue weighted by atomic mass is 79.9. The van der Waals surface area contributed by atoms with E-state index in [1.807, 2.05) is 48.5 Å². The summed E-state index contributed by atoms with van der Waals surface area (Å²) in [6.45, 7) is 5.19. The molecule has 0 aromatic heterocycles. The number of nitrogens with one attached hydrogen (secondary N) is 2. The largest absolute Gasteiger partial charge is 0.460 e. The van der Waals surface area contributed by atoms with Crippen molar-refractivity contribution >= 4 is 51.3 Å². The van der Waals surface area contributed by atoms with Gasteiger partial charge in [-0.3, -0.25) is 24.1 Å². The molecule has 0 fully saturated rings. The third-order valence-corrected chi connectivity index (χ3v) is 7.39. The zero-order valence-electron chi connectivity index (χ0n) is 23.3. The molecule has 2 aliphatic rings. The zero-order valence-corrected chi connectivity index (χ0v) is 24.9. The van der Waals surface area contributed by atoms with Gasteiger partial charge in [0, 0.05) is 6.42 Å². The number of benzene rings is 2. The summed E-state index contributed by atoms with van der Waals surface area (Å²) >= 11 is 3.12. The van der Waals surface area contributed by atoms with Crippen molar-refractivity contribution in [2.24, 2.45) is 0 Å². The van der Waals surface area contributed by atoms with Crippen LogP contribution < -0.4 is 15.5 Å². The van der Waals surface area contributed by atoms with E-state index >= 15 is 0 Å². The number of carbonyl (C=O) groups excluding carboxylic acids is 5. The molecule has 0 saturated heterocycles. The Balaban J connectivity index is 1.51. The Hall–Kier alpha value is -3.73. The molecule has 0 bridgehead atoms. The molecule has 2 aromatic rings. The lowest BCUT2D eigenvalue weighted by Gasteiger charge is -2.29. The van der Waals surface area contributed by atoms with Crippen molar-refractivity contribution in [3.8, 4) is 0 Å². The van der Waals surface area contributed by atoms with Crippen LogP contribution in [0.1, 0.15) is 50.3 Å². The van der Waals surface area contributed by atoms with E-state index in [9.17, 15) is 24.0 Å². The van der Waals surface area contributed by atoms with Gasteiger partial charge in [-0.15, -0.1) is 0 Å². The van der Waals surface area contributed by atoms with Gasteiger partial charge in [0.05, 0.1) is 23.5 Å². The Labute approximate surface area is 247 Å². The number of carbonyl (C=O) groups is 5. The van der Waals surface area contributed by atoms with Crippen molar-refractivity contribution in [2.75, 3.05) is 10.2 Å². The first kappa shape index (κ1) is 30.2. The highest BCUT2D eigenvalue weighted by molar-refractivity contribution is 9.09. The average molecular weight is 629 g/mol. The molecule has 3 amide bonds. The summed E-state index contributed by atoms with van der Waals surface area (Å²) in [5, 5.41) is 5.28. The lowest BCUT2D eigenvalue weighted by molar-refractivity contribution is -0.156. The van der Waals surface area contributed by atoms with Crippen LogP contribution in [0.25, 0.3) is 0 Å². The average Bonchev–Trinajstić information content (AvgIpc) is 3.26. The summed E-state index contributed by atoms with van der Waals surface area (Å²) < 4.78 is 10.7. The molecule has 2 heterocycles. The summed E-state index contributed by atoms with van der Waals surface area (Å²) in [5.41, 5.74) is 2.40. The minimum atomic E-state index is -1.14.